The summed E-state index contributed by atoms with van der Waals surface area (Å²) in [6.45, 7) is 0. The Morgan fingerprint density at radius 2 is 1.75 bits per heavy atom. The molecular weight excluding hydrogens is 218 g/mol. The number of aromatic nitrogens is 2. The highest BCUT2D eigenvalue weighted by atomic mass is 32.1. The number of hydrogen-bond acceptors (Lipinski definition) is 4. The fraction of sp³-hybridized carbons (Fsp3) is 0.833. The van der Waals surface area contributed by atoms with E-state index in [0.717, 1.165) is 5.92 Å². The molecular formula is C12H19N3S. The minimum atomic E-state index is 0.389. The molecule has 4 heteroatoms. The Kier molecular flexibility index (Phi) is 2.62. The summed E-state index contributed by atoms with van der Waals surface area (Å²) in [6.07, 6.45) is 11.1. The molecule has 2 N–H and O–H groups in total. The smallest absolute Gasteiger partial charge is 0.203 e. The van der Waals surface area contributed by atoms with Crippen LogP contribution in [0.25, 0.3) is 0 Å². The molecule has 3 rings (SSSR count). The van der Waals surface area contributed by atoms with E-state index in [1.54, 1.807) is 11.3 Å². The molecule has 0 atom stereocenters. The largest absolute Gasteiger partial charge is 0.374 e. The van der Waals surface area contributed by atoms with E-state index in [1.165, 1.54) is 56.4 Å². The van der Waals surface area contributed by atoms with Gasteiger partial charge >= 0.3 is 0 Å². The van der Waals surface area contributed by atoms with Crippen LogP contribution in [0.3, 0.4) is 0 Å². The molecule has 3 nitrogen and oxygen atoms in total. The number of anilines is 1. The third kappa shape index (κ3) is 1.73. The summed E-state index contributed by atoms with van der Waals surface area (Å²) in [5.41, 5.74) is 6.10. The summed E-state index contributed by atoms with van der Waals surface area (Å²) >= 11 is 1.61. The summed E-state index contributed by atoms with van der Waals surface area (Å²) < 4.78 is 0. The average Bonchev–Trinajstić information content (AvgIpc) is 3.03. The minimum Gasteiger partial charge on any atom is -0.374 e. The maximum absolute atomic E-state index is 5.71. The second kappa shape index (κ2) is 3.99. The van der Waals surface area contributed by atoms with Crippen molar-refractivity contribution >= 4 is 16.5 Å². The maximum Gasteiger partial charge on any atom is 0.203 e. The third-order valence-electron chi connectivity index (χ3n) is 4.29. The number of nitrogen functional groups attached to an aromatic ring is 1. The zero-order chi connectivity index (χ0) is 11.0. The van der Waals surface area contributed by atoms with E-state index in [0.29, 0.717) is 10.5 Å². The van der Waals surface area contributed by atoms with Crippen LogP contribution >= 0.6 is 11.3 Å². The lowest BCUT2D eigenvalue weighted by Crippen LogP contribution is -2.20. The molecule has 0 aliphatic heterocycles. The Bertz CT molecular complexity index is 362. The van der Waals surface area contributed by atoms with Crippen LogP contribution in [-0.4, -0.2) is 10.2 Å². The summed E-state index contributed by atoms with van der Waals surface area (Å²) in [5.74, 6) is 0.849. The molecule has 1 aromatic heterocycles. The summed E-state index contributed by atoms with van der Waals surface area (Å²) in [5, 5.41) is 10.1. The van der Waals surface area contributed by atoms with Gasteiger partial charge in [-0.2, -0.15) is 0 Å². The summed E-state index contributed by atoms with van der Waals surface area (Å²) in [7, 11) is 0. The van der Waals surface area contributed by atoms with Crippen LogP contribution in [0.2, 0.25) is 0 Å². The average molecular weight is 237 g/mol. The van der Waals surface area contributed by atoms with Gasteiger partial charge in [-0.15, -0.1) is 10.2 Å². The zero-order valence-corrected chi connectivity index (χ0v) is 10.4. The molecule has 2 saturated carbocycles. The molecule has 0 aromatic carbocycles. The molecule has 2 fully saturated rings. The maximum atomic E-state index is 5.71. The normalized spacial score (nSPS) is 25.2. The first-order chi connectivity index (χ1) is 7.81. The minimum absolute atomic E-state index is 0.389. The van der Waals surface area contributed by atoms with Gasteiger partial charge in [0, 0.05) is 5.41 Å². The predicted molar refractivity (Wildman–Crippen MR) is 66.4 cm³/mol. The van der Waals surface area contributed by atoms with Crippen molar-refractivity contribution in [2.75, 3.05) is 5.73 Å². The van der Waals surface area contributed by atoms with Gasteiger partial charge in [-0.3, -0.25) is 0 Å². The highest BCUT2D eigenvalue weighted by Gasteiger charge is 2.52. The molecule has 0 spiro atoms. The number of nitrogens with zero attached hydrogens (tertiary/aromatic N) is 2. The fourth-order valence-electron chi connectivity index (χ4n) is 3.20. The van der Waals surface area contributed by atoms with Crippen LogP contribution in [0.4, 0.5) is 5.13 Å². The zero-order valence-electron chi connectivity index (χ0n) is 9.61. The molecule has 16 heavy (non-hydrogen) atoms. The van der Waals surface area contributed by atoms with Crippen LogP contribution < -0.4 is 5.73 Å². The van der Waals surface area contributed by atoms with Gasteiger partial charge in [-0.1, -0.05) is 37.0 Å². The number of nitrogens with two attached hydrogens (primary N) is 1. The van der Waals surface area contributed by atoms with E-state index in [2.05, 4.69) is 10.2 Å². The lowest BCUT2D eigenvalue weighted by atomic mass is 9.83. The van der Waals surface area contributed by atoms with E-state index in [4.69, 9.17) is 5.73 Å². The first-order valence-electron chi connectivity index (χ1n) is 6.41. The van der Waals surface area contributed by atoms with E-state index >= 15 is 0 Å². The standard InChI is InChI=1S/C12H19N3S/c13-11-15-14-10(16-11)12(7-8-12)9-5-3-1-2-4-6-9/h9H,1-8H2,(H2,13,15). The highest BCUT2D eigenvalue weighted by Crippen LogP contribution is 2.58. The summed E-state index contributed by atoms with van der Waals surface area (Å²) in [6, 6.07) is 0. The molecule has 88 valence electrons. The van der Waals surface area contributed by atoms with E-state index in [-0.39, 0.29) is 0 Å². The van der Waals surface area contributed by atoms with Crippen molar-refractivity contribution in [2.45, 2.75) is 56.8 Å². The van der Waals surface area contributed by atoms with Crippen molar-refractivity contribution in [1.29, 1.82) is 0 Å². The van der Waals surface area contributed by atoms with Crippen LogP contribution in [0, 0.1) is 5.92 Å². The van der Waals surface area contributed by atoms with Gasteiger partial charge in [0.15, 0.2) is 0 Å². The molecule has 0 unspecified atom stereocenters. The first kappa shape index (κ1) is 10.5. The van der Waals surface area contributed by atoms with Crippen molar-refractivity contribution in [3.05, 3.63) is 5.01 Å². The van der Waals surface area contributed by atoms with Gasteiger partial charge in [0.1, 0.15) is 5.01 Å². The molecule has 2 aliphatic carbocycles. The second-order valence-electron chi connectivity index (χ2n) is 5.29. The SMILES string of the molecule is Nc1nnc(C2(C3CCCCCC3)CC2)s1. The molecule has 0 radical (unpaired) electrons. The molecule has 1 aromatic rings. The van der Waals surface area contributed by atoms with Crippen molar-refractivity contribution < 1.29 is 0 Å². The third-order valence-corrected chi connectivity index (χ3v) is 5.26. The van der Waals surface area contributed by atoms with E-state index < -0.39 is 0 Å². The van der Waals surface area contributed by atoms with Gasteiger partial charge in [-0.05, 0) is 31.6 Å². The molecule has 2 aliphatic rings. The van der Waals surface area contributed by atoms with Crippen molar-refractivity contribution in [3.63, 3.8) is 0 Å². The Labute approximate surface area is 100 Å². The van der Waals surface area contributed by atoms with Crippen molar-refractivity contribution in [3.8, 4) is 0 Å². The van der Waals surface area contributed by atoms with E-state index in [9.17, 15) is 0 Å². The van der Waals surface area contributed by atoms with Gasteiger partial charge < -0.3 is 5.73 Å². The van der Waals surface area contributed by atoms with Gasteiger partial charge in [-0.25, -0.2) is 0 Å². The molecule has 0 saturated heterocycles. The van der Waals surface area contributed by atoms with Crippen molar-refractivity contribution in [1.82, 2.24) is 10.2 Å². The highest BCUT2D eigenvalue weighted by molar-refractivity contribution is 7.15. The van der Waals surface area contributed by atoms with Gasteiger partial charge in [0.2, 0.25) is 5.13 Å². The Hall–Kier alpha value is -0.640. The van der Waals surface area contributed by atoms with E-state index in [1.807, 2.05) is 0 Å². The first-order valence-corrected chi connectivity index (χ1v) is 7.22. The molecule has 1 heterocycles. The van der Waals surface area contributed by atoms with Crippen LogP contribution in [0.1, 0.15) is 56.4 Å². The summed E-state index contributed by atoms with van der Waals surface area (Å²) in [4.78, 5) is 0. The predicted octanol–water partition coefficient (Wildman–Crippen LogP) is 3.12. The lowest BCUT2D eigenvalue weighted by molar-refractivity contribution is 0.355. The number of hydrogen-bond donors (Lipinski definition) is 1. The number of rotatable bonds is 2. The lowest BCUT2D eigenvalue weighted by Gasteiger charge is -2.23. The second-order valence-corrected chi connectivity index (χ2v) is 6.30. The molecule has 0 amide bonds. The van der Waals surface area contributed by atoms with Gasteiger partial charge in [0.25, 0.3) is 0 Å². The fourth-order valence-corrected chi connectivity index (χ4v) is 4.13. The Morgan fingerprint density at radius 1 is 1.06 bits per heavy atom. The van der Waals surface area contributed by atoms with Crippen LogP contribution in [-0.2, 0) is 5.41 Å². The topological polar surface area (TPSA) is 51.8 Å². The van der Waals surface area contributed by atoms with Crippen molar-refractivity contribution in [2.24, 2.45) is 5.92 Å². The Balaban J connectivity index is 1.81. The van der Waals surface area contributed by atoms with Crippen LogP contribution in [0.5, 0.6) is 0 Å². The quantitative estimate of drug-likeness (QED) is 0.804. The monoisotopic (exact) mass is 237 g/mol. The molecule has 0 bridgehead atoms. The Morgan fingerprint density at radius 3 is 2.25 bits per heavy atom. The van der Waals surface area contributed by atoms with Gasteiger partial charge in [0.05, 0.1) is 0 Å². The van der Waals surface area contributed by atoms with Crippen LogP contribution in [0.15, 0.2) is 0 Å².